The predicted octanol–water partition coefficient (Wildman–Crippen LogP) is -0.155. The van der Waals surface area contributed by atoms with E-state index in [1.165, 1.54) is 9.80 Å². The van der Waals surface area contributed by atoms with Gasteiger partial charge in [-0.25, -0.2) is 0 Å². The van der Waals surface area contributed by atoms with Gasteiger partial charge in [-0.15, -0.1) is 0 Å². The van der Waals surface area contributed by atoms with E-state index in [9.17, 15) is 9.59 Å². The smallest absolute Gasteiger partial charge is 0.396 e. The van der Waals surface area contributed by atoms with Crippen molar-refractivity contribution in [2.75, 3.05) is 28.2 Å². The number of carbonyl (C=O) groups excluding carboxylic acids is 2. The largest absolute Gasteiger partial charge is 0.461 e. The van der Waals surface area contributed by atoms with E-state index in [2.05, 4.69) is 6.92 Å². The van der Waals surface area contributed by atoms with Gasteiger partial charge in [0.1, 0.15) is 0 Å². The van der Waals surface area contributed by atoms with Crippen LogP contribution in [0.2, 0.25) is 5.82 Å². The van der Waals surface area contributed by atoms with Crippen LogP contribution in [0.4, 0.5) is 0 Å². The molecule has 2 amide bonds. The van der Waals surface area contributed by atoms with E-state index < -0.39 is 19.3 Å². The van der Waals surface area contributed by atoms with Gasteiger partial charge in [-0.2, -0.15) is 0 Å². The zero-order valence-corrected chi connectivity index (χ0v) is 12.1. The normalized spacial score (nSPS) is 33.2. The average molecular weight is 268 g/mol. The summed E-state index contributed by atoms with van der Waals surface area (Å²) in [5, 5.41) is 0. The maximum Gasteiger partial charge on any atom is 0.461 e. The maximum absolute atomic E-state index is 12.1. The molecular weight excluding hydrogens is 247 g/mol. The van der Waals surface area contributed by atoms with Crippen LogP contribution in [0.1, 0.15) is 13.3 Å². The van der Waals surface area contributed by atoms with Gasteiger partial charge in [0.2, 0.25) is 0 Å². The Morgan fingerprint density at radius 3 is 1.63 bits per heavy atom. The van der Waals surface area contributed by atoms with Crippen LogP contribution >= 0.6 is 0 Å². The lowest BCUT2D eigenvalue weighted by Gasteiger charge is -2.22. The van der Waals surface area contributed by atoms with Crippen LogP contribution in [-0.2, 0) is 18.9 Å². The molecule has 2 fully saturated rings. The van der Waals surface area contributed by atoms with Gasteiger partial charge in [-0.05, 0) is 18.2 Å². The van der Waals surface area contributed by atoms with Crippen molar-refractivity contribution in [2.24, 2.45) is 5.92 Å². The fourth-order valence-corrected chi connectivity index (χ4v) is 2.28. The van der Waals surface area contributed by atoms with E-state index in [1.807, 2.05) is 0 Å². The molecule has 1 heterocycles. The van der Waals surface area contributed by atoms with Gasteiger partial charge in [0, 0.05) is 28.2 Å². The lowest BCUT2D eigenvalue weighted by molar-refractivity contribution is -0.146. The van der Waals surface area contributed by atoms with E-state index in [4.69, 9.17) is 9.31 Å². The molecule has 0 unspecified atom stereocenters. The van der Waals surface area contributed by atoms with E-state index in [-0.39, 0.29) is 11.8 Å². The van der Waals surface area contributed by atoms with E-state index >= 15 is 0 Å². The summed E-state index contributed by atoms with van der Waals surface area (Å²) in [6.07, 6.45) is -0.637. The molecule has 0 radical (unpaired) electrons. The first-order valence-corrected chi connectivity index (χ1v) is 6.56. The molecule has 106 valence electrons. The van der Waals surface area contributed by atoms with Crippen molar-refractivity contribution in [3.63, 3.8) is 0 Å². The fraction of sp³-hybridized carbons (Fsp3) is 0.833. The van der Waals surface area contributed by atoms with Crippen LogP contribution < -0.4 is 0 Å². The first kappa shape index (κ1) is 14.3. The van der Waals surface area contributed by atoms with Crippen molar-refractivity contribution in [3.05, 3.63) is 0 Å². The molecule has 0 aromatic heterocycles. The third-order valence-electron chi connectivity index (χ3n) is 3.73. The number of rotatable bonds is 3. The molecule has 1 saturated heterocycles. The van der Waals surface area contributed by atoms with Crippen LogP contribution in [0.25, 0.3) is 0 Å². The molecular formula is C12H21BN2O4. The predicted molar refractivity (Wildman–Crippen MR) is 70.4 cm³/mol. The quantitative estimate of drug-likeness (QED) is 0.668. The lowest BCUT2D eigenvalue weighted by Crippen LogP contribution is -2.47. The molecule has 2 aliphatic rings. The minimum absolute atomic E-state index is 0.226. The SMILES string of the molecule is C[C@H]1C[C@@H]1B1O[C@H](C(=O)N(C)C)[C@@H](C(=O)N(C)C)O1. The molecule has 1 aliphatic heterocycles. The highest BCUT2D eigenvalue weighted by atomic mass is 16.7. The van der Waals surface area contributed by atoms with Crippen LogP contribution in [0.5, 0.6) is 0 Å². The Kier molecular flexibility index (Phi) is 3.87. The molecule has 1 saturated carbocycles. The summed E-state index contributed by atoms with van der Waals surface area (Å²) in [6, 6.07) is 0. The molecule has 0 N–H and O–H groups in total. The zero-order chi connectivity index (χ0) is 14.3. The fourth-order valence-electron chi connectivity index (χ4n) is 2.28. The molecule has 0 bridgehead atoms. The molecule has 0 aromatic carbocycles. The van der Waals surface area contributed by atoms with Crippen LogP contribution in [0.3, 0.4) is 0 Å². The van der Waals surface area contributed by atoms with Gasteiger partial charge in [-0.1, -0.05) is 6.92 Å². The van der Waals surface area contributed by atoms with Crippen LogP contribution in [0, 0.1) is 5.92 Å². The first-order valence-electron chi connectivity index (χ1n) is 6.56. The zero-order valence-electron chi connectivity index (χ0n) is 12.1. The Bertz CT molecular complexity index is 360. The average Bonchev–Trinajstić information content (AvgIpc) is 2.92. The topological polar surface area (TPSA) is 59.1 Å². The molecule has 6 nitrogen and oxygen atoms in total. The summed E-state index contributed by atoms with van der Waals surface area (Å²) in [4.78, 5) is 27.1. The molecule has 4 atom stereocenters. The maximum atomic E-state index is 12.1. The number of likely N-dealkylation sites (N-methyl/N-ethyl adjacent to an activating group) is 2. The standard InChI is InChI=1S/C12H21BN2O4/c1-7-6-8(7)13-18-9(11(16)14(2)3)10(19-13)12(17)15(4)5/h7-10H,6H2,1-5H3/t7-,8-,9-,10-/m0/s1. The number of hydrogen-bond acceptors (Lipinski definition) is 4. The van der Waals surface area contributed by atoms with Crippen molar-refractivity contribution in [2.45, 2.75) is 31.4 Å². The Morgan fingerprint density at radius 2 is 1.37 bits per heavy atom. The Hall–Kier alpha value is -1.08. The van der Waals surface area contributed by atoms with E-state index in [0.717, 1.165) is 6.42 Å². The monoisotopic (exact) mass is 268 g/mol. The number of nitrogens with zero attached hydrogens (tertiary/aromatic N) is 2. The van der Waals surface area contributed by atoms with Gasteiger partial charge >= 0.3 is 7.12 Å². The minimum Gasteiger partial charge on any atom is -0.396 e. The Labute approximate surface area is 114 Å². The van der Waals surface area contributed by atoms with Crippen molar-refractivity contribution >= 4 is 18.9 Å². The third kappa shape index (κ3) is 2.77. The summed E-state index contributed by atoms with van der Waals surface area (Å²) in [6.45, 7) is 2.11. The van der Waals surface area contributed by atoms with Gasteiger partial charge in [0.15, 0.2) is 12.2 Å². The summed E-state index contributed by atoms with van der Waals surface area (Å²) < 4.78 is 11.4. The van der Waals surface area contributed by atoms with E-state index in [1.54, 1.807) is 28.2 Å². The minimum atomic E-state index is -0.831. The van der Waals surface area contributed by atoms with Crippen molar-refractivity contribution in [1.82, 2.24) is 9.80 Å². The van der Waals surface area contributed by atoms with Crippen LogP contribution in [-0.4, -0.2) is 69.1 Å². The molecule has 0 spiro atoms. The summed E-state index contributed by atoms with van der Waals surface area (Å²) in [7, 11) is 6.16. The molecule has 7 heteroatoms. The van der Waals surface area contributed by atoms with Gasteiger partial charge < -0.3 is 19.1 Å². The van der Waals surface area contributed by atoms with Crippen molar-refractivity contribution < 1.29 is 18.9 Å². The number of carbonyl (C=O) groups is 2. The molecule has 0 aromatic rings. The summed E-state index contributed by atoms with van der Waals surface area (Å²) in [5.74, 6) is 0.387. The number of amides is 2. The second-order valence-electron chi connectivity index (χ2n) is 5.82. The Balaban J connectivity index is 2.12. The highest BCUT2D eigenvalue weighted by Gasteiger charge is 2.56. The van der Waals surface area contributed by atoms with Gasteiger partial charge in [0.25, 0.3) is 11.8 Å². The van der Waals surface area contributed by atoms with Crippen molar-refractivity contribution in [1.29, 1.82) is 0 Å². The van der Waals surface area contributed by atoms with Gasteiger partial charge in [0.05, 0.1) is 0 Å². The second-order valence-corrected chi connectivity index (χ2v) is 5.82. The van der Waals surface area contributed by atoms with Gasteiger partial charge in [-0.3, -0.25) is 9.59 Å². The number of hydrogen-bond donors (Lipinski definition) is 0. The molecule has 19 heavy (non-hydrogen) atoms. The van der Waals surface area contributed by atoms with E-state index in [0.29, 0.717) is 11.7 Å². The van der Waals surface area contributed by atoms with Crippen molar-refractivity contribution in [3.8, 4) is 0 Å². The third-order valence-corrected chi connectivity index (χ3v) is 3.73. The highest BCUT2D eigenvalue weighted by Crippen LogP contribution is 2.49. The lowest BCUT2D eigenvalue weighted by atomic mass is 9.81. The summed E-state index contributed by atoms with van der Waals surface area (Å²) in [5.41, 5.74) is 0. The molecule has 1 aliphatic carbocycles. The Morgan fingerprint density at radius 1 is 1.00 bits per heavy atom. The molecule has 2 rings (SSSR count). The highest BCUT2D eigenvalue weighted by molar-refractivity contribution is 6.49. The second kappa shape index (κ2) is 5.13. The summed E-state index contributed by atoms with van der Waals surface area (Å²) >= 11 is 0. The first-order chi connectivity index (χ1) is 8.82. The van der Waals surface area contributed by atoms with Crippen LogP contribution in [0.15, 0.2) is 0 Å².